The van der Waals surface area contributed by atoms with Crippen LogP contribution in [0.5, 0.6) is 0 Å². The van der Waals surface area contributed by atoms with Gasteiger partial charge in [0.15, 0.2) is 0 Å². The Kier molecular flexibility index (Phi) is 5.25. The number of carbonyl (C=O) groups excluding carboxylic acids is 2. The van der Waals surface area contributed by atoms with Crippen molar-refractivity contribution >= 4 is 41.2 Å². The van der Waals surface area contributed by atoms with Crippen LogP contribution in [0, 0.1) is 11.3 Å². The van der Waals surface area contributed by atoms with Crippen molar-refractivity contribution in [3.05, 3.63) is 52.5 Å². The number of benzene rings is 2. The number of aliphatic imine (C=N–C) groups is 1. The zero-order valence-corrected chi connectivity index (χ0v) is 20.8. The molecule has 186 valence electrons. The molecule has 9 heteroatoms. The Bertz CT molecular complexity index is 1320. The van der Waals surface area contributed by atoms with E-state index < -0.39 is 11.1 Å². The van der Waals surface area contributed by atoms with Crippen molar-refractivity contribution in [2.75, 3.05) is 32.0 Å². The van der Waals surface area contributed by atoms with Crippen molar-refractivity contribution in [1.82, 2.24) is 9.80 Å². The van der Waals surface area contributed by atoms with Crippen LogP contribution in [0.25, 0.3) is 11.1 Å². The van der Waals surface area contributed by atoms with Crippen LogP contribution in [0.15, 0.2) is 41.4 Å². The number of halogens is 1. The van der Waals surface area contributed by atoms with E-state index in [1.54, 1.807) is 9.80 Å². The van der Waals surface area contributed by atoms with Gasteiger partial charge in [0.1, 0.15) is 17.0 Å². The molecule has 2 aromatic rings. The lowest BCUT2D eigenvalue weighted by Crippen LogP contribution is -2.57. The number of aliphatic hydroxyl groups is 1. The summed E-state index contributed by atoms with van der Waals surface area (Å²) in [6.45, 7) is 1.56. The van der Waals surface area contributed by atoms with Gasteiger partial charge in [-0.3, -0.25) is 19.5 Å². The Labute approximate surface area is 214 Å². The van der Waals surface area contributed by atoms with Crippen LogP contribution in [0.1, 0.15) is 36.8 Å². The highest BCUT2D eigenvalue weighted by Gasteiger charge is 2.58. The molecular formula is C27H28ClN5O3. The average Bonchev–Trinajstić information content (AvgIpc) is 3.78. The highest BCUT2D eigenvalue weighted by Crippen LogP contribution is 2.47. The third kappa shape index (κ3) is 3.71. The summed E-state index contributed by atoms with van der Waals surface area (Å²) in [6.07, 6.45) is 3.88. The second-order valence-electron chi connectivity index (χ2n) is 10.4. The van der Waals surface area contributed by atoms with Gasteiger partial charge in [-0.1, -0.05) is 23.7 Å². The zero-order chi connectivity index (χ0) is 25.2. The van der Waals surface area contributed by atoms with Gasteiger partial charge in [-0.15, -0.1) is 0 Å². The Balaban J connectivity index is 1.23. The summed E-state index contributed by atoms with van der Waals surface area (Å²) in [7, 11) is 1.82. The first kappa shape index (κ1) is 23.2. The average molecular weight is 506 g/mol. The molecule has 0 unspecified atom stereocenters. The van der Waals surface area contributed by atoms with Crippen molar-refractivity contribution in [2.45, 2.75) is 36.8 Å². The Morgan fingerprint density at radius 2 is 1.89 bits per heavy atom. The predicted molar refractivity (Wildman–Crippen MR) is 139 cm³/mol. The molecule has 4 aliphatic rings. The number of hydrogen-bond donors (Lipinski definition) is 3. The van der Waals surface area contributed by atoms with Crippen LogP contribution < -0.4 is 5.32 Å². The number of rotatable bonds is 7. The third-order valence-electron chi connectivity index (χ3n) is 7.77. The maximum atomic E-state index is 13.3. The molecule has 6 rings (SSSR count). The summed E-state index contributed by atoms with van der Waals surface area (Å²) in [5, 5.41) is 21.4. The highest BCUT2D eigenvalue weighted by molar-refractivity contribution is 6.35. The molecule has 0 aromatic heterocycles. The van der Waals surface area contributed by atoms with Gasteiger partial charge in [-0.25, -0.2) is 0 Å². The number of anilines is 1. The zero-order valence-electron chi connectivity index (χ0n) is 20.1. The number of nitrogens with one attached hydrogen (secondary N) is 2. The molecule has 2 aromatic carbocycles. The summed E-state index contributed by atoms with van der Waals surface area (Å²) in [5.74, 6) is 0.570. The summed E-state index contributed by atoms with van der Waals surface area (Å²) in [4.78, 5) is 33.9. The number of nitrogens with zero attached hydrogens (tertiary/aromatic N) is 3. The highest BCUT2D eigenvalue weighted by atomic mass is 35.5. The van der Waals surface area contributed by atoms with E-state index in [-0.39, 0.29) is 17.7 Å². The SMILES string of the molecule is CNc1ccc(-c2ccc(C3=NC4(CC4)C(=O)N3CC3CN(C(=O)C4(O)CC4)C3)c(Cl)c2)cc1C=N. The maximum absolute atomic E-state index is 13.3. The molecule has 3 N–H and O–H groups in total. The molecule has 36 heavy (non-hydrogen) atoms. The standard InChI is InChI=1S/C27H28ClN5O3/c1-30-22-5-3-17(10-19(22)12-29)18-2-4-20(21(28)11-18)23-31-26(6-7-26)24(34)33(23)15-16-13-32(14-16)25(35)27(36)8-9-27/h2-5,10-12,16,29-30,36H,6-9,13-15H2,1H3. The van der Waals surface area contributed by atoms with Crippen molar-refractivity contribution in [3.8, 4) is 11.1 Å². The van der Waals surface area contributed by atoms with Gasteiger partial charge in [0, 0.05) is 55.6 Å². The molecule has 2 saturated carbocycles. The lowest BCUT2D eigenvalue weighted by atomic mass is 9.97. The normalized spacial score (nSPS) is 21.3. The van der Waals surface area contributed by atoms with Gasteiger partial charge in [0.05, 0.1) is 5.02 Å². The van der Waals surface area contributed by atoms with Crippen molar-refractivity contribution in [3.63, 3.8) is 0 Å². The molecule has 2 aliphatic carbocycles. The molecule has 0 radical (unpaired) electrons. The minimum absolute atomic E-state index is 0.0153. The van der Waals surface area contributed by atoms with Crippen molar-refractivity contribution < 1.29 is 14.7 Å². The minimum Gasteiger partial charge on any atom is -0.388 e. The first-order chi connectivity index (χ1) is 17.3. The first-order valence-electron chi connectivity index (χ1n) is 12.3. The fourth-order valence-electron chi connectivity index (χ4n) is 5.18. The van der Waals surface area contributed by atoms with Gasteiger partial charge in [-0.2, -0.15) is 0 Å². The summed E-state index contributed by atoms with van der Waals surface area (Å²) in [5.41, 5.74) is 2.43. The fraction of sp³-hybridized carbons (Fsp3) is 0.407. The van der Waals surface area contributed by atoms with E-state index in [0.29, 0.717) is 43.3 Å². The topological polar surface area (TPSA) is 109 Å². The van der Waals surface area contributed by atoms with Crippen LogP contribution in [-0.2, 0) is 9.59 Å². The van der Waals surface area contributed by atoms with E-state index >= 15 is 0 Å². The molecular weight excluding hydrogens is 478 g/mol. The van der Waals surface area contributed by atoms with E-state index in [0.717, 1.165) is 40.8 Å². The second kappa shape index (κ2) is 8.15. The van der Waals surface area contributed by atoms with Gasteiger partial charge in [-0.05, 0) is 61.1 Å². The molecule has 0 atom stereocenters. The predicted octanol–water partition coefficient (Wildman–Crippen LogP) is 3.15. The lowest BCUT2D eigenvalue weighted by Gasteiger charge is -2.42. The van der Waals surface area contributed by atoms with Gasteiger partial charge in [0.2, 0.25) is 0 Å². The maximum Gasteiger partial charge on any atom is 0.256 e. The monoisotopic (exact) mass is 505 g/mol. The van der Waals surface area contributed by atoms with Crippen LogP contribution in [-0.4, -0.2) is 76.6 Å². The smallest absolute Gasteiger partial charge is 0.256 e. The van der Waals surface area contributed by atoms with Crippen LogP contribution in [0.4, 0.5) is 5.69 Å². The first-order valence-corrected chi connectivity index (χ1v) is 12.7. The number of amides is 2. The molecule has 2 heterocycles. The number of amidine groups is 1. The Hall–Kier alpha value is -3.23. The summed E-state index contributed by atoms with van der Waals surface area (Å²) >= 11 is 6.77. The molecule has 2 aliphatic heterocycles. The summed E-state index contributed by atoms with van der Waals surface area (Å²) in [6, 6.07) is 11.6. The Morgan fingerprint density at radius 3 is 2.50 bits per heavy atom. The lowest BCUT2D eigenvalue weighted by molar-refractivity contribution is -0.149. The van der Waals surface area contributed by atoms with E-state index in [2.05, 4.69) is 5.32 Å². The minimum atomic E-state index is -1.15. The van der Waals surface area contributed by atoms with E-state index in [1.807, 2.05) is 43.4 Å². The molecule has 3 fully saturated rings. The van der Waals surface area contributed by atoms with E-state index in [1.165, 1.54) is 6.21 Å². The van der Waals surface area contributed by atoms with E-state index in [4.69, 9.17) is 22.0 Å². The quantitative estimate of drug-likeness (QED) is 0.502. The van der Waals surface area contributed by atoms with Gasteiger partial charge in [0.25, 0.3) is 11.8 Å². The number of carbonyl (C=O) groups is 2. The molecule has 8 nitrogen and oxygen atoms in total. The van der Waals surface area contributed by atoms with Gasteiger partial charge < -0.3 is 20.7 Å². The van der Waals surface area contributed by atoms with E-state index in [9.17, 15) is 14.7 Å². The molecule has 1 spiro atoms. The fourth-order valence-corrected chi connectivity index (χ4v) is 5.44. The second-order valence-corrected chi connectivity index (χ2v) is 10.8. The van der Waals surface area contributed by atoms with Crippen LogP contribution in [0.3, 0.4) is 0 Å². The number of hydrogen-bond acceptors (Lipinski definition) is 6. The van der Waals surface area contributed by atoms with Crippen LogP contribution >= 0.6 is 11.6 Å². The van der Waals surface area contributed by atoms with Gasteiger partial charge >= 0.3 is 0 Å². The molecule has 0 bridgehead atoms. The largest absolute Gasteiger partial charge is 0.388 e. The molecule has 1 saturated heterocycles. The van der Waals surface area contributed by atoms with Crippen molar-refractivity contribution in [1.29, 1.82) is 5.41 Å². The van der Waals surface area contributed by atoms with Crippen LogP contribution in [0.2, 0.25) is 5.02 Å². The number of likely N-dealkylation sites (tertiary alicyclic amines) is 1. The molecule has 2 amide bonds. The summed E-state index contributed by atoms with van der Waals surface area (Å²) < 4.78 is 0. The van der Waals surface area contributed by atoms with Crippen molar-refractivity contribution in [2.24, 2.45) is 10.9 Å². The Morgan fingerprint density at radius 1 is 1.19 bits per heavy atom. The third-order valence-corrected chi connectivity index (χ3v) is 8.08.